The summed E-state index contributed by atoms with van der Waals surface area (Å²) in [6.07, 6.45) is 2.64. The summed E-state index contributed by atoms with van der Waals surface area (Å²) in [4.78, 5) is 7.65. The highest BCUT2D eigenvalue weighted by atomic mass is 79.9. The number of halogens is 1. The van der Waals surface area contributed by atoms with Crippen LogP contribution in [0.15, 0.2) is 33.6 Å². The molecule has 0 atom stereocenters. The van der Waals surface area contributed by atoms with Crippen LogP contribution >= 0.6 is 39.0 Å². The summed E-state index contributed by atoms with van der Waals surface area (Å²) in [7, 11) is 0. The van der Waals surface area contributed by atoms with Gasteiger partial charge < -0.3 is 5.32 Å². The lowest BCUT2D eigenvalue weighted by Gasteiger charge is -2.00. The van der Waals surface area contributed by atoms with Crippen molar-refractivity contribution in [1.29, 1.82) is 0 Å². The highest BCUT2D eigenvalue weighted by Crippen LogP contribution is 2.43. The second-order valence-corrected chi connectivity index (χ2v) is 8.35. The van der Waals surface area contributed by atoms with Gasteiger partial charge in [0.15, 0.2) is 0 Å². The van der Waals surface area contributed by atoms with Crippen molar-refractivity contribution >= 4 is 39.0 Å². The quantitative estimate of drug-likeness (QED) is 0.667. The number of thioether (sulfide) groups is 1. The lowest BCUT2D eigenvalue weighted by atomic mass is 10.2. The number of hydrogen-bond acceptors (Lipinski definition) is 4. The molecule has 2 nitrogen and oxygen atoms in total. The zero-order valence-corrected chi connectivity index (χ0v) is 15.3. The van der Waals surface area contributed by atoms with Gasteiger partial charge in [0, 0.05) is 26.7 Å². The largest absolute Gasteiger partial charge is 0.312 e. The topological polar surface area (TPSA) is 24.9 Å². The van der Waals surface area contributed by atoms with Crippen molar-refractivity contribution in [2.24, 2.45) is 0 Å². The fourth-order valence-corrected chi connectivity index (χ4v) is 4.84. The Kier molecular flexibility index (Phi) is 5.38. The van der Waals surface area contributed by atoms with E-state index in [9.17, 15) is 0 Å². The third kappa shape index (κ3) is 4.31. The summed E-state index contributed by atoms with van der Waals surface area (Å²) in [6.45, 7) is 4.15. The first-order valence-electron chi connectivity index (χ1n) is 7.34. The summed E-state index contributed by atoms with van der Waals surface area (Å²) in [6, 6.07) is 8.47. The predicted molar refractivity (Wildman–Crippen MR) is 95.2 cm³/mol. The minimum atomic E-state index is 0.736. The van der Waals surface area contributed by atoms with Gasteiger partial charge in [-0.2, -0.15) is 0 Å². The maximum atomic E-state index is 4.91. The summed E-state index contributed by atoms with van der Waals surface area (Å²) in [5, 5.41) is 4.70. The minimum Gasteiger partial charge on any atom is -0.312 e. The van der Waals surface area contributed by atoms with E-state index in [1.54, 1.807) is 0 Å². The molecule has 1 aliphatic rings. The van der Waals surface area contributed by atoms with E-state index in [1.807, 2.05) is 23.1 Å². The molecule has 5 heteroatoms. The van der Waals surface area contributed by atoms with Gasteiger partial charge in [-0.1, -0.05) is 28.9 Å². The van der Waals surface area contributed by atoms with E-state index < -0.39 is 0 Å². The maximum absolute atomic E-state index is 4.91. The minimum absolute atomic E-state index is 0.736. The van der Waals surface area contributed by atoms with Crippen LogP contribution in [0.4, 0.5) is 0 Å². The molecule has 1 heterocycles. The van der Waals surface area contributed by atoms with E-state index in [0.29, 0.717) is 0 Å². The molecule has 0 bridgehead atoms. The molecule has 1 fully saturated rings. The normalized spacial score (nSPS) is 14.6. The van der Waals surface area contributed by atoms with Crippen molar-refractivity contribution in [1.82, 2.24) is 10.3 Å². The van der Waals surface area contributed by atoms with Crippen LogP contribution in [0.5, 0.6) is 0 Å². The SMILES string of the molecule is CCNCc1sc(CSc2cccc(Br)c2)nc1C1CC1. The molecule has 0 saturated heterocycles. The maximum Gasteiger partial charge on any atom is 0.103 e. The van der Waals surface area contributed by atoms with Crippen molar-refractivity contribution in [2.75, 3.05) is 6.54 Å². The van der Waals surface area contributed by atoms with Crippen LogP contribution in [0, 0.1) is 0 Å². The molecule has 112 valence electrons. The summed E-state index contributed by atoms with van der Waals surface area (Å²) < 4.78 is 1.14. The van der Waals surface area contributed by atoms with Crippen LogP contribution < -0.4 is 5.32 Å². The Morgan fingerprint density at radius 3 is 3.00 bits per heavy atom. The van der Waals surface area contributed by atoms with Crippen molar-refractivity contribution in [3.8, 4) is 0 Å². The van der Waals surface area contributed by atoms with Gasteiger partial charge in [0.1, 0.15) is 5.01 Å². The van der Waals surface area contributed by atoms with E-state index in [1.165, 1.54) is 33.3 Å². The molecule has 3 rings (SSSR count). The highest BCUT2D eigenvalue weighted by molar-refractivity contribution is 9.10. The third-order valence-electron chi connectivity index (χ3n) is 3.43. The van der Waals surface area contributed by atoms with Crippen LogP contribution in [-0.2, 0) is 12.3 Å². The molecule has 1 aromatic heterocycles. The van der Waals surface area contributed by atoms with Crippen LogP contribution in [0.2, 0.25) is 0 Å². The smallest absolute Gasteiger partial charge is 0.103 e. The van der Waals surface area contributed by atoms with Gasteiger partial charge in [-0.3, -0.25) is 0 Å². The molecule has 0 amide bonds. The fourth-order valence-electron chi connectivity index (χ4n) is 2.22. The first-order chi connectivity index (χ1) is 10.3. The van der Waals surface area contributed by atoms with Gasteiger partial charge in [0.2, 0.25) is 0 Å². The lowest BCUT2D eigenvalue weighted by Crippen LogP contribution is -2.11. The first-order valence-corrected chi connectivity index (χ1v) is 9.93. The van der Waals surface area contributed by atoms with Crippen LogP contribution in [0.3, 0.4) is 0 Å². The Bertz CT molecular complexity index is 608. The fraction of sp³-hybridized carbons (Fsp3) is 0.438. The molecular weight excluding hydrogens is 364 g/mol. The van der Waals surface area contributed by atoms with Crippen LogP contribution in [-0.4, -0.2) is 11.5 Å². The molecule has 0 radical (unpaired) electrons. The Balaban J connectivity index is 1.67. The molecule has 1 aromatic carbocycles. The molecule has 21 heavy (non-hydrogen) atoms. The molecule has 1 saturated carbocycles. The number of benzene rings is 1. The zero-order chi connectivity index (χ0) is 14.7. The summed E-state index contributed by atoms with van der Waals surface area (Å²) >= 11 is 7.27. The standard InChI is InChI=1S/C16H19BrN2S2/c1-2-18-9-14-16(11-6-7-11)19-15(21-14)10-20-13-5-3-4-12(17)8-13/h3-5,8,11,18H,2,6-7,9-10H2,1H3. The van der Waals surface area contributed by atoms with Gasteiger partial charge in [0.25, 0.3) is 0 Å². The third-order valence-corrected chi connectivity index (χ3v) is 6.18. The second kappa shape index (κ2) is 7.27. The van der Waals surface area contributed by atoms with Crippen molar-refractivity contribution < 1.29 is 0 Å². The number of hydrogen-bond donors (Lipinski definition) is 1. The first kappa shape index (κ1) is 15.5. The summed E-state index contributed by atoms with van der Waals surface area (Å²) in [5.41, 5.74) is 1.37. The average Bonchev–Trinajstić information content (AvgIpc) is 3.24. The highest BCUT2D eigenvalue weighted by Gasteiger charge is 2.29. The molecule has 1 N–H and O–H groups in total. The van der Waals surface area contributed by atoms with Gasteiger partial charge in [0.05, 0.1) is 11.4 Å². The Labute approximate surface area is 142 Å². The number of nitrogens with zero attached hydrogens (tertiary/aromatic N) is 1. The molecule has 0 spiro atoms. The monoisotopic (exact) mass is 382 g/mol. The van der Waals surface area contributed by atoms with E-state index in [2.05, 4.69) is 52.4 Å². The van der Waals surface area contributed by atoms with Crippen molar-refractivity contribution in [3.05, 3.63) is 44.3 Å². The van der Waals surface area contributed by atoms with E-state index in [0.717, 1.165) is 29.2 Å². The lowest BCUT2D eigenvalue weighted by molar-refractivity contribution is 0.726. The van der Waals surface area contributed by atoms with Gasteiger partial charge >= 0.3 is 0 Å². The van der Waals surface area contributed by atoms with Gasteiger partial charge in [-0.25, -0.2) is 4.98 Å². The Morgan fingerprint density at radius 1 is 1.43 bits per heavy atom. The number of rotatable bonds is 7. The van der Waals surface area contributed by atoms with Crippen molar-refractivity contribution in [2.45, 2.75) is 42.9 Å². The van der Waals surface area contributed by atoms with E-state index >= 15 is 0 Å². The number of nitrogens with one attached hydrogen (secondary N) is 1. The molecule has 2 aromatic rings. The van der Waals surface area contributed by atoms with E-state index in [-0.39, 0.29) is 0 Å². The second-order valence-electron chi connectivity index (χ2n) is 5.22. The average molecular weight is 383 g/mol. The summed E-state index contributed by atoms with van der Waals surface area (Å²) in [5.74, 6) is 1.70. The van der Waals surface area contributed by atoms with Crippen molar-refractivity contribution in [3.63, 3.8) is 0 Å². The molecule has 0 unspecified atom stereocenters. The number of aromatic nitrogens is 1. The Morgan fingerprint density at radius 2 is 2.29 bits per heavy atom. The van der Waals surface area contributed by atoms with Gasteiger partial charge in [-0.05, 0) is 37.6 Å². The molecule has 0 aliphatic heterocycles. The van der Waals surface area contributed by atoms with Gasteiger partial charge in [-0.15, -0.1) is 23.1 Å². The number of thiazole rings is 1. The van der Waals surface area contributed by atoms with E-state index in [4.69, 9.17) is 4.98 Å². The molecular formula is C16H19BrN2S2. The van der Waals surface area contributed by atoms with Crippen LogP contribution in [0.25, 0.3) is 0 Å². The molecule has 1 aliphatic carbocycles. The van der Waals surface area contributed by atoms with Crippen LogP contribution in [0.1, 0.15) is 41.3 Å². The zero-order valence-electron chi connectivity index (χ0n) is 12.1. The Hall–Kier alpha value is -0.360. The predicted octanol–water partition coefficient (Wildman–Crippen LogP) is 5.18.